The predicted molar refractivity (Wildman–Crippen MR) is 89.6 cm³/mol. The Bertz CT molecular complexity index is 956. The van der Waals surface area contributed by atoms with Crippen molar-refractivity contribution in [2.45, 2.75) is 20.0 Å². The summed E-state index contributed by atoms with van der Waals surface area (Å²) >= 11 is 0. The minimum absolute atomic E-state index is 0.138. The normalized spacial score (nSPS) is 13.4. The summed E-state index contributed by atoms with van der Waals surface area (Å²) in [7, 11) is 2.75. The van der Waals surface area contributed by atoms with Gasteiger partial charge in [0, 0.05) is 20.3 Å². The first-order valence-electron chi connectivity index (χ1n) is 7.76. The van der Waals surface area contributed by atoms with Crippen LogP contribution in [0, 0.1) is 0 Å². The lowest BCUT2D eigenvalue weighted by molar-refractivity contribution is 0.0625. The van der Waals surface area contributed by atoms with E-state index in [2.05, 4.69) is 0 Å². The van der Waals surface area contributed by atoms with Crippen molar-refractivity contribution in [3.05, 3.63) is 68.0 Å². The van der Waals surface area contributed by atoms with Crippen LogP contribution in [0.2, 0.25) is 0 Å². The van der Waals surface area contributed by atoms with E-state index in [9.17, 15) is 19.2 Å². The van der Waals surface area contributed by atoms with Gasteiger partial charge >= 0.3 is 5.69 Å². The second-order valence-corrected chi connectivity index (χ2v) is 5.69. The number of carbonyl (C=O) groups is 2. The molecule has 9 nitrogen and oxygen atoms in total. The second kappa shape index (κ2) is 7.06. The maximum atomic E-state index is 12.5. The molecule has 0 N–H and O–H groups in total. The maximum Gasteiger partial charge on any atom is 0.335 e. The summed E-state index contributed by atoms with van der Waals surface area (Å²) in [5, 5.41) is 0. The lowest BCUT2D eigenvalue weighted by Crippen LogP contribution is -2.43. The van der Waals surface area contributed by atoms with Gasteiger partial charge in [0.05, 0.1) is 23.4 Å². The largest absolute Gasteiger partial charge is 0.364 e. The third-order valence-electron chi connectivity index (χ3n) is 4.08. The van der Waals surface area contributed by atoms with E-state index in [-0.39, 0.29) is 25.7 Å². The van der Waals surface area contributed by atoms with Gasteiger partial charge in [-0.2, -0.15) is 0 Å². The highest BCUT2D eigenvalue weighted by molar-refractivity contribution is 6.21. The number of nitrogens with zero attached hydrogens (tertiary/aromatic N) is 3. The van der Waals surface area contributed by atoms with E-state index < -0.39 is 23.1 Å². The Kier molecular flexibility index (Phi) is 4.83. The Labute approximate surface area is 148 Å². The van der Waals surface area contributed by atoms with Crippen LogP contribution in [0.15, 0.2) is 39.9 Å². The summed E-state index contributed by atoms with van der Waals surface area (Å²) in [5.41, 5.74) is -0.441. The minimum atomic E-state index is -0.646. The molecule has 2 heterocycles. The first kappa shape index (κ1) is 17.8. The standard InChI is InChI=1S/C17H17N3O6/c1-25-9-19-11(7-14(21)20(10-26-2)17(19)24)8-18-15(22)12-5-3-4-6-13(12)16(18)23/h3-7H,8-10H2,1-2H3. The number of carbonyl (C=O) groups excluding carboxylic acids is 2. The molecule has 0 unspecified atom stereocenters. The monoisotopic (exact) mass is 359 g/mol. The molecule has 26 heavy (non-hydrogen) atoms. The quantitative estimate of drug-likeness (QED) is 0.674. The summed E-state index contributed by atoms with van der Waals surface area (Å²) < 4.78 is 12.0. The van der Waals surface area contributed by atoms with Crippen molar-refractivity contribution in [1.29, 1.82) is 0 Å². The van der Waals surface area contributed by atoms with E-state index in [4.69, 9.17) is 9.47 Å². The number of aromatic nitrogens is 2. The molecule has 0 atom stereocenters. The van der Waals surface area contributed by atoms with Crippen LogP contribution in [0.3, 0.4) is 0 Å². The van der Waals surface area contributed by atoms with E-state index >= 15 is 0 Å². The lowest BCUT2D eigenvalue weighted by Gasteiger charge is -2.18. The molecule has 9 heteroatoms. The fourth-order valence-electron chi connectivity index (χ4n) is 2.85. The number of rotatable bonds is 6. The van der Waals surface area contributed by atoms with Gasteiger partial charge < -0.3 is 9.47 Å². The highest BCUT2D eigenvalue weighted by Crippen LogP contribution is 2.23. The van der Waals surface area contributed by atoms with E-state index in [1.807, 2.05) is 0 Å². The molecule has 0 spiro atoms. The van der Waals surface area contributed by atoms with Crippen LogP contribution in [0.25, 0.3) is 0 Å². The van der Waals surface area contributed by atoms with Crippen LogP contribution in [-0.4, -0.2) is 40.1 Å². The van der Waals surface area contributed by atoms with Crippen LogP contribution in [-0.2, 0) is 29.5 Å². The second-order valence-electron chi connectivity index (χ2n) is 5.69. The molecule has 0 radical (unpaired) electrons. The minimum Gasteiger partial charge on any atom is -0.364 e. The van der Waals surface area contributed by atoms with Gasteiger partial charge in [-0.3, -0.25) is 23.9 Å². The third-order valence-corrected chi connectivity index (χ3v) is 4.08. The number of hydrogen-bond acceptors (Lipinski definition) is 6. The average molecular weight is 359 g/mol. The molecule has 136 valence electrons. The van der Waals surface area contributed by atoms with Gasteiger partial charge in [-0.05, 0) is 12.1 Å². The zero-order chi connectivity index (χ0) is 18.8. The summed E-state index contributed by atoms with van der Waals surface area (Å²) in [4.78, 5) is 50.7. The molecule has 1 aliphatic heterocycles. The summed E-state index contributed by atoms with van der Waals surface area (Å²) in [6.07, 6.45) is 0. The van der Waals surface area contributed by atoms with Crippen LogP contribution in [0.5, 0.6) is 0 Å². The van der Waals surface area contributed by atoms with Gasteiger partial charge in [0.15, 0.2) is 0 Å². The van der Waals surface area contributed by atoms with Crippen molar-refractivity contribution in [2.75, 3.05) is 14.2 Å². The van der Waals surface area contributed by atoms with Crippen LogP contribution < -0.4 is 11.2 Å². The topological polar surface area (TPSA) is 99.8 Å². The zero-order valence-corrected chi connectivity index (χ0v) is 14.3. The van der Waals surface area contributed by atoms with Crippen molar-refractivity contribution in [1.82, 2.24) is 14.0 Å². The number of hydrogen-bond donors (Lipinski definition) is 0. The number of ether oxygens (including phenoxy) is 2. The van der Waals surface area contributed by atoms with E-state index in [0.29, 0.717) is 11.1 Å². The highest BCUT2D eigenvalue weighted by Gasteiger charge is 2.35. The summed E-state index contributed by atoms with van der Waals surface area (Å²) in [6, 6.07) is 7.66. The van der Waals surface area contributed by atoms with E-state index in [1.165, 1.54) is 24.9 Å². The molecule has 2 aromatic rings. The van der Waals surface area contributed by atoms with Crippen LogP contribution >= 0.6 is 0 Å². The van der Waals surface area contributed by atoms with Gasteiger partial charge in [0.25, 0.3) is 17.4 Å². The van der Waals surface area contributed by atoms with Gasteiger partial charge in [-0.1, -0.05) is 12.1 Å². The van der Waals surface area contributed by atoms with Crippen molar-refractivity contribution >= 4 is 11.8 Å². The number of fused-ring (bicyclic) bond motifs is 1. The van der Waals surface area contributed by atoms with Gasteiger partial charge in [0.1, 0.15) is 13.5 Å². The predicted octanol–water partition coefficient (Wildman–Crippen LogP) is 0.0140. The number of imide groups is 1. The number of amides is 2. The molecule has 2 amide bonds. The molecule has 0 saturated heterocycles. The smallest absolute Gasteiger partial charge is 0.335 e. The molecule has 1 aliphatic rings. The molecular formula is C17H17N3O6. The Morgan fingerprint density at radius 2 is 1.38 bits per heavy atom. The SMILES string of the molecule is COCn1c(CN2C(=O)c3ccccc3C2=O)cc(=O)n(COC)c1=O. The van der Waals surface area contributed by atoms with Crippen molar-refractivity contribution < 1.29 is 19.1 Å². The van der Waals surface area contributed by atoms with Crippen LogP contribution in [0.4, 0.5) is 0 Å². The molecular weight excluding hydrogens is 342 g/mol. The molecule has 0 saturated carbocycles. The first-order chi connectivity index (χ1) is 12.5. The van der Waals surface area contributed by atoms with E-state index in [1.54, 1.807) is 24.3 Å². The fraction of sp³-hybridized carbons (Fsp3) is 0.294. The first-order valence-corrected chi connectivity index (χ1v) is 7.76. The lowest BCUT2D eigenvalue weighted by atomic mass is 10.1. The Morgan fingerprint density at radius 1 is 0.846 bits per heavy atom. The Balaban J connectivity index is 2.03. The molecule has 3 rings (SSSR count). The molecule has 0 bridgehead atoms. The van der Waals surface area contributed by atoms with Crippen molar-refractivity contribution in [3.63, 3.8) is 0 Å². The summed E-state index contributed by atoms with van der Waals surface area (Å²) in [5.74, 6) is -0.939. The Hall–Kier alpha value is -3.04. The third kappa shape index (κ3) is 2.87. The Morgan fingerprint density at radius 3 is 1.92 bits per heavy atom. The van der Waals surface area contributed by atoms with Crippen molar-refractivity contribution in [2.24, 2.45) is 0 Å². The summed E-state index contributed by atoms with van der Waals surface area (Å²) in [6.45, 7) is -0.565. The van der Waals surface area contributed by atoms with Gasteiger partial charge in [-0.25, -0.2) is 9.36 Å². The van der Waals surface area contributed by atoms with Crippen LogP contribution in [0.1, 0.15) is 26.4 Å². The maximum absolute atomic E-state index is 12.5. The number of methoxy groups -OCH3 is 2. The molecule has 1 aromatic carbocycles. The molecule has 1 aromatic heterocycles. The fourth-order valence-corrected chi connectivity index (χ4v) is 2.85. The van der Waals surface area contributed by atoms with E-state index in [0.717, 1.165) is 9.47 Å². The molecule has 0 aliphatic carbocycles. The number of benzene rings is 1. The zero-order valence-electron chi connectivity index (χ0n) is 14.3. The van der Waals surface area contributed by atoms with Crippen molar-refractivity contribution in [3.8, 4) is 0 Å². The van der Waals surface area contributed by atoms with Gasteiger partial charge in [-0.15, -0.1) is 0 Å². The molecule has 0 fully saturated rings. The van der Waals surface area contributed by atoms with Gasteiger partial charge in [0.2, 0.25) is 0 Å². The average Bonchev–Trinajstić information content (AvgIpc) is 2.87. The highest BCUT2D eigenvalue weighted by atomic mass is 16.5.